The second kappa shape index (κ2) is 4.48. The van der Waals surface area contributed by atoms with Crippen molar-refractivity contribution in [3.8, 4) is 16.5 Å². The summed E-state index contributed by atoms with van der Waals surface area (Å²) in [6.45, 7) is 0. The maximum absolute atomic E-state index is 8.68. The number of hydrogen-bond donors (Lipinski definition) is 0. The summed E-state index contributed by atoms with van der Waals surface area (Å²) in [7, 11) is 0. The van der Waals surface area contributed by atoms with Crippen LogP contribution >= 0.6 is 43.2 Å². The Morgan fingerprint density at radius 1 is 1.13 bits per heavy atom. The molecule has 0 aliphatic carbocycles. The highest BCUT2D eigenvalue weighted by molar-refractivity contribution is 9.13. The predicted molar refractivity (Wildman–Crippen MR) is 69.9 cm³/mol. The van der Waals surface area contributed by atoms with Crippen LogP contribution in [0.25, 0.3) is 10.4 Å². The van der Waals surface area contributed by atoms with Crippen LogP contribution in [0.1, 0.15) is 5.56 Å². The molecule has 0 aliphatic heterocycles. The van der Waals surface area contributed by atoms with Crippen molar-refractivity contribution in [1.29, 1.82) is 5.26 Å². The minimum absolute atomic E-state index is 0.688. The highest BCUT2D eigenvalue weighted by Gasteiger charge is 2.05. The Labute approximate surface area is 109 Å². The Bertz CT molecular complexity index is 503. The van der Waals surface area contributed by atoms with Crippen LogP contribution in [0, 0.1) is 11.3 Å². The molecule has 1 aromatic heterocycles. The van der Waals surface area contributed by atoms with Crippen LogP contribution in [-0.2, 0) is 0 Å². The van der Waals surface area contributed by atoms with Gasteiger partial charge in [-0.2, -0.15) is 5.26 Å². The molecular weight excluding hydrogens is 338 g/mol. The van der Waals surface area contributed by atoms with E-state index in [4.69, 9.17) is 5.26 Å². The largest absolute Gasteiger partial charge is 0.192 e. The number of nitriles is 1. The van der Waals surface area contributed by atoms with Crippen LogP contribution < -0.4 is 0 Å². The summed E-state index contributed by atoms with van der Waals surface area (Å²) in [5.74, 6) is 0. The molecule has 1 aromatic carbocycles. The second-order valence-electron chi connectivity index (χ2n) is 2.92. The van der Waals surface area contributed by atoms with Crippen LogP contribution in [0.15, 0.2) is 38.6 Å². The lowest BCUT2D eigenvalue weighted by Gasteiger charge is -1.95. The van der Waals surface area contributed by atoms with Gasteiger partial charge in [-0.3, -0.25) is 0 Å². The van der Waals surface area contributed by atoms with Gasteiger partial charge >= 0.3 is 0 Å². The summed E-state index contributed by atoms with van der Waals surface area (Å²) in [5.41, 5.74) is 1.82. The fraction of sp³-hybridized carbons (Fsp3) is 0. The van der Waals surface area contributed by atoms with E-state index in [1.165, 1.54) is 4.88 Å². The zero-order chi connectivity index (χ0) is 10.8. The highest BCUT2D eigenvalue weighted by atomic mass is 79.9. The van der Waals surface area contributed by atoms with Crippen LogP contribution in [0.2, 0.25) is 0 Å². The van der Waals surface area contributed by atoms with E-state index in [1.807, 2.05) is 24.3 Å². The Morgan fingerprint density at radius 2 is 1.80 bits per heavy atom. The summed E-state index contributed by atoms with van der Waals surface area (Å²) in [6, 6.07) is 11.8. The van der Waals surface area contributed by atoms with E-state index in [0.717, 1.165) is 13.8 Å². The van der Waals surface area contributed by atoms with Gasteiger partial charge < -0.3 is 0 Å². The Kier molecular flexibility index (Phi) is 3.25. The highest BCUT2D eigenvalue weighted by Crippen LogP contribution is 2.38. The zero-order valence-corrected chi connectivity index (χ0v) is 11.5. The van der Waals surface area contributed by atoms with Crippen molar-refractivity contribution in [3.05, 3.63) is 44.2 Å². The van der Waals surface area contributed by atoms with E-state index < -0.39 is 0 Å². The fourth-order valence-corrected chi connectivity index (χ4v) is 3.24. The summed E-state index contributed by atoms with van der Waals surface area (Å²) in [5, 5.41) is 8.68. The quantitative estimate of drug-likeness (QED) is 0.729. The molecule has 0 atom stereocenters. The first kappa shape index (κ1) is 10.9. The van der Waals surface area contributed by atoms with Crippen LogP contribution in [0.3, 0.4) is 0 Å². The minimum atomic E-state index is 0.688. The number of thiophene rings is 1. The smallest absolute Gasteiger partial charge is 0.0991 e. The third-order valence-corrected chi connectivity index (χ3v) is 5.25. The molecule has 0 bridgehead atoms. The molecule has 0 N–H and O–H groups in total. The van der Waals surface area contributed by atoms with Gasteiger partial charge in [0, 0.05) is 9.35 Å². The molecule has 0 fully saturated rings. The lowest BCUT2D eigenvalue weighted by atomic mass is 10.1. The molecule has 0 radical (unpaired) electrons. The number of hydrogen-bond acceptors (Lipinski definition) is 2. The van der Waals surface area contributed by atoms with Gasteiger partial charge in [-0.25, -0.2) is 0 Å². The zero-order valence-electron chi connectivity index (χ0n) is 7.50. The number of benzene rings is 1. The average Bonchev–Trinajstić information content (AvgIpc) is 2.59. The Hall–Kier alpha value is -0.630. The van der Waals surface area contributed by atoms with Gasteiger partial charge in [-0.05, 0) is 55.6 Å². The average molecular weight is 343 g/mol. The maximum Gasteiger partial charge on any atom is 0.0991 e. The summed E-state index contributed by atoms with van der Waals surface area (Å²) in [4.78, 5) is 1.18. The molecule has 2 aromatic rings. The van der Waals surface area contributed by atoms with Crippen molar-refractivity contribution in [2.75, 3.05) is 0 Å². The summed E-state index contributed by atoms with van der Waals surface area (Å²) >= 11 is 8.58. The molecule has 1 heterocycles. The first-order valence-corrected chi connectivity index (χ1v) is 6.56. The SMILES string of the molecule is N#Cc1ccc(-c2cc(Br)c(Br)s2)cc1. The first-order chi connectivity index (χ1) is 7.20. The molecule has 4 heteroatoms. The first-order valence-electron chi connectivity index (χ1n) is 4.16. The van der Waals surface area contributed by atoms with E-state index in [2.05, 4.69) is 44.0 Å². The predicted octanol–water partition coefficient (Wildman–Crippen LogP) is 4.81. The van der Waals surface area contributed by atoms with Gasteiger partial charge in [-0.1, -0.05) is 12.1 Å². The summed E-state index contributed by atoms with van der Waals surface area (Å²) in [6.07, 6.45) is 0. The van der Waals surface area contributed by atoms with Crippen LogP contribution in [0.5, 0.6) is 0 Å². The van der Waals surface area contributed by atoms with E-state index in [1.54, 1.807) is 11.3 Å². The standard InChI is InChI=1S/C11H5Br2NS/c12-9-5-10(15-11(9)13)8-3-1-7(6-14)2-4-8/h1-5H. The van der Waals surface area contributed by atoms with Crippen molar-refractivity contribution in [1.82, 2.24) is 0 Å². The molecule has 0 unspecified atom stereocenters. The van der Waals surface area contributed by atoms with E-state index >= 15 is 0 Å². The molecule has 0 aliphatic rings. The molecule has 0 saturated carbocycles. The van der Waals surface area contributed by atoms with Crippen molar-refractivity contribution < 1.29 is 0 Å². The number of nitrogens with zero attached hydrogens (tertiary/aromatic N) is 1. The van der Waals surface area contributed by atoms with E-state index in [-0.39, 0.29) is 0 Å². The fourth-order valence-electron chi connectivity index (χ4n) is 1.20. The van der Waals surface area contributed by atoms with E-state index in [0.29, 0.717) is 5.56 Å². The molecule has 15 heavy (non-hydrogen) atoms. The normalized spacial score (nSPS) is 9.93. The van der Waals surface area contributed by atoms with Gasteiger partial charge in [0.25, 0.3) is 0 Å². The van der Waals surface area contributed by atoms with Crippen LogP contribution in [-0.4, -0.2) is 0 Å². The lowest BCUT2D eigenvalue weighted by Crippen LogP contribution is -1.74. The lowest BCUT2D eigenvalue weighted by molar-refractivity contribution is 1.49. The van der Waals surface area contributed by atoms with Crippen LogP contribution in [0.4, 0.5) is 0 Å². The van der Waals surface area contributed by atoms with Crippen molar-refractivity contribution in [3.63, 3.8) is 0 Å². The molecule has 74 valence electrons. The van der Waals surface area contributed by atoms with Gasteiger partial charge in [0.05, 0.1) is 15.4 Å². The number of rotatable bonds is 1. The summed E-state index contributed by atoms with van der Waals surface area (Å²) < 4.78 is 2.15. The van der Waals surface area contributed by atoms with Gasteiger partial charge in [0.15, 0.2) is 0 Å². The molecule has 1 nitrogen and oxygen atoms in total. The molecular formula is C11H5Br2NS. The monoisotopic (exact) mass is 341 g/mol. The molecule has 0 amide bonds. The van der Waals surface area contributed by atoms with Crippen molar-refractivity contribution >= 4 is 43.2 Å². The number of halogens is 2. The van der Waals surface area contributed by atoms with Crippen molar-refractivity contribution in [2.24, 2.45) is 0 Å². The molecule has 0 saturated heterocycles. The van der Waals surface area contributed by atoms with Gasteiger partial charge in [-0.15, -0.1) is 11.3 Å². The second-order valence-corrected chi connectivity index (χ2v) is 6.15. The molecule has 2 rings (SSSR count). The van der Waals surface area contributed by atoms with Gasteiger partial charge in [0.1, 0.15) is 0 Å². The minimum Gasteiger partial charge on any atom is -0.192 e. The maximum atomic E-state index is 8.68. The Morgan fingerprint density at radius 3 is 2.27 bits per heavy atom. The van der Waals surface area contributed by atoms with E-state index in [9.17, 15) is 0 Å². The third kappa shape index (κ3) is 2.31. The topological polar surface area (TPSA) is 23.8 Å². The molecule has 0 spiro atoms. The van der Waals surface area contributed by atoms with Gasteiger partial charge in [0.2, 0.25) is 0 Å². The third-order valence-electron chi connectivity index (χ3n) is 1.94. The Balaban J connectivity index is 2.42. The van der Waals surface area contributed by atoms with Crippen molar-refractivity contribution in [2.45, 2.75) is 0 Å².